The highest BCUT2D eigenvalue weighted by molar-refractivity contribution is 5.75. The topological polar surface area (TPSA) is 60.3 Å². The molecule has 2 heterocycles. The van der Waals surface area contributed by atoms with Crippen molar-refractivity contribution in [2.45, 2.75) is 31.7 Å². The number of ether oxygens (including phenoxy) is 1. The predicted molar refractivity (Wildman–Crippen MR) is 67.7 cm³/mol. The first-order valence-corrected chi connectivity index (χ1v) is 6.52. The van der Waals surface area contributed by atoms with Crippen molar-refractivity contribution in [1.82, 2.24) is 9.88 Å². The molecule has 2 rings (SSSR count). The van der Waals surface area contributed by atoms with E-state index in [2.05, 4.69) is 5.32 Å². The molecule has 1 amide bonds. The summed E-state index contributed by atoms with van der Waals surface area (Å²) in [6.07, 6.45) is -1.82. The summed E-state index contributed by atoms with van der Waals surface area (Å²) in [5, 5.41) is 2.60. The van der Waals surface area contributed by atoms with Gasteiger partial charge in [0.05, 0.1) is 11.7 Å². The minimum absolute atomic E-state index is 0.0294. The molecule has 1 N–H and O–H groups in total. The van der Waals surface area contributed by atoms with Crippen LogP contribution in [0.15, 0.2) is 23.1 Å². The quantitative estimate of drug-likeness (QED) is 0.908. The van der Waals surface area contributed by atoms with Crippen molar-refractivity contribution in [3.8, 4) is 0 Å². The molecule has 1 atom stereocenters. The monoisotopic (exact) mass is 304 g/mol. The van der Waals surface area contributed by atoms with Crippen LogP contribution >= 0.6 is 0 Å². The molecule has 116 valence electrons. The Balaban J connectivity index is 1.93. The first-order chi connectivity index (χ1) is 9.86. The van der Waals surface area contributed by atoms with Crippen LogP contribution < -0.4 is 10.9 Å². The van der Waals surface area contributed by atoms with Crippen LogP contribution in [0.1, 0.15) is 18.4 Å². The second kappa shape index (κ2) is 6.30. The summed E-state index contributed by atoms with van der Waals surface area (Å²) in [5.74, 6) is -0.438. The second-order valence-electron chi connectivity index (χ2n) is 4.82. The standard InChI is InChI=1S/C13H15F3N2O3/c14-13(15,16)9-3-4-18(12(20)6-9)8-11(19)17-7-10-2-1-5-21-10/h3-4,6,10H,1-2,5,7-8H2,(H,17,19). The van der Waals surface area contributed by atoms with Gasteiger partial charge in [0, 0.05) is 25.4 Å². The fraction of sp³-hybridized carbons (Fsp3) is 0.538. The molecule has 5 nitrogen and oxygen atoms in total. The van der Waals surface area contributed by atoms with E-state index in [1.165, 1.54) is 0 Å². The zero-order valence-electron chi connectivity index (χ0n) is 11.2. The zero-order chi connectivity index (χ0) is 15.5. The first kappa shape index (κ1) is 15.6. The summed E-state index contributed by atoms with van der Waals surface area (Å²) < 4.78 is 43.5. The number of hydrogen-bond donors (Lipinski definition) is 1. The van der Waals surface area contributed by atoms with E-state index in [9.17, 15) is 22.8 Å². The van der Waals surface area contributed by atoms with Crippen LogP contribution in [0, 0.1) is 0 Å². The van der Waals surface area contributed by atoms with Crippen LogP contribution in [0.3, 0.4) is 0 Å². The molecule has 0 aromatic carbocycles. The number of aromatic nitrogens is 1. The molecule has 21 heavy (non-hydrogen) atoms. The number of carbonyl (C=O) groups excluding carboxylic acids is 1. The molecule has 1 aliphatic heterocycles. The average molecular weight is 304 g/mol. The Labute approximate surface area is 118 Å². The third-order valence-corrected chi connectivity index (χ3v) is 3.19. The van der Waals surface area contributed by atoms with E-state index in [4.69, 9.17) is 4.74 Å². The van der Waals surface area contributed by atoms with Gasteiger partial charge in [-0.25, -0.2) is 0 Å². The normalized spacial score (nSPS) is 18.7. The number of nitrogens with one attached hydrogen (secondary N) is 1. The van der Waals surface area contributed by atoms with Gasteiger partial charge in [-0.05, 0) is 18.9 Å². The molecule has 1 aromatic rings. The fourth-order valence-corrected chi connectivity index (χ4v) is 2.06. The highest BCUT2D eigenvalue weighted by atomic mass is 19.4. The molecular weight excluding hydrogens is 289 g/mol. The fourth-order valence-electron chi connectivity index (χ4n) is 2.06. The third-order valence-electron chi connectivity index (χ3n) is 3.19. The van der Waals surface area contributed by atoms with Gasteiger partial charge >= 0.3 is 6.18 Å². The van der Waals surface area contributed by atoms with Gasteiger partial charge in [0.25, 0.3) is 5.56 Å². The Morgan fingerprint density at radius 2 is 2.24 bits per heavy atom. The molecule has 0 saturated carbocycles. The lowest BCUT2D eigenvalue weighted by Crippen LogP contribution is -2.36. The van der Waals surface area contributed by atoms with Crippen molar-refractivity contribution in [3.05, 3.63) is 34.2 Å². The van der Waals surface area contributed by atoms with Crippen LogP contribution in [0.4, 0.5) is 13.2 Å². The third kappa shape index (κ3) is 4.32. The van der Waals surface area contributed by atoms with Crippen LogP contribution in [0.25, 0.3) is 0 Å². The van der Waals surface area contributed by atoms with Crippen molar-refractivity contribution in [2.75, 3.05) is 13.2 Å². The van der Waals surface area contributed by atoms with E-state index in [1.807, 2.05) is 0 Å². The van der Waals surface area contributed by atoms with E-state index in [0.717, 1.165) is 29.7 Å². The van der Waals surface area contributed by atoms with E-state index in [0.29, 0.717) is 19.2 Å². The first-order valence-electron chi connectivity index (χ1n) is 6.52. The number of rotatable bonds is 4. The van der Waals surface area contributed by atoms with Gasteiger partial charge in [-0.2, -0.15) is 13.2 Å². The Hall–Kier alpha value is -1.83. The maximum atomic E-state index is 12.4. The van der Waals surface area contributed by atoms with Gasteiger partial charge < -0.3 is 14.6 Å². The van der Waals surface area contributed by atoms with Gasteiger partial charge in [-0.15, -0.1) is 0 Å². The molecule has 8 heteroatoms. The smallest absolute Gasteiger partial charge is 0.376 e. The Bertz CT molecular complexity index is 563. The van der Waals surface area contributed by atoms with E-state index < -0.39 is 23.2 Å². The van der Waals surface area contributed by atoms with Crippen LogP contribution in [0.2, 0.25) is 0 Å². The maximum absolute atomic E-state index is 12.4. The average Bonchev–Trinajstić information content (AvgIpc) is 2.91. The maximum Gasteiger partial charge on any atom is 0.416 e. The van der Waals surface area contributed by atoms with E-state index >= 15 is 0 Å². The number of halogens is 3. The lowest BCUT2D eigenvalue weighted by molar-refractivity contribution is -0.137. The highest BCUT2D eigenvalue weighted by Crippen LogP contribution is 2.27. The minimum Gasteiger partial charge on any atom is -0.376 e. The van der Waals surface area contributed by atoms with E-state index in [1.54, 1.807) is 0 Å². The Morgan fingerprint density at radius 1 is 1.48 bits per heavy atom. The number of alkyl halides is 3. The molecule has 0 radical (unpaired) electrons. The summed E-state index contributed by atoms with van der Waals surface area (Å²) in [6, 6.07) is 1.25. The Kier molecular flexibility index (Phi) is 4.66. The summed E-state index contributed by atoms with van der Waals surface area (Å²) >= 11 is 0. The molecule has 1 aliphatic rings. The van der Waals surface area contributed by atoms with Crippen molar-refractivity contribution in [2.24, 2.45) is 0 Å². The van der Waals surface area contributed by atoms with Gasteiger partial charge in [-0.3, -0.25) is 9.59 Å². The van der Waals surface area contributed by atoms with Crippen molar-refractivity contribution < 1.29 is 22.7 Å². The number of pyridine rings is 1. The second-order valence-corrected chi connectivity index (χ2v) is 4.82. The lowest BCUT2D eigenvalue weighted by atomic mass is 10.2. The molecular formula is C13H15F3N2O3. The largest absolute Gasteiger partial charge is 0.416 e. The van der Waals surface area contributed by atoms with Crippen LogP contribution in [-0.2, 0) is 22.3 Å². The van der Waals surface area contributed by atoms with Gasteiger partial charge in [-0.1, -0.05) is 0 Å². The predicted octanol–water partition coefficient (Wildman–Crippen LogP) is 1.16. The highest BCUT2D eigenvalue weighted by Gasteiger charge is 2.31. The van der Waals surface area contributed by atoms with Crippen molar-refractivity contribution in [3.63, 3.8) is 0 Å². The summed E-state index contributed by atoms with van der Waals surface area (Å²) in [7, 11) is 0. The molecule has 1 fully saturated rings. The van der Waals surface area contributed by atoms with Crippen LogP contribution in [-0.4, -0.2) is 29.7 Å². The molecule has 1 saturated heterocycles. The summed E-state index contributed by atoms with van der Waals surface area (Å²) in [5.41, 5.74) is -1.89. The van der Waals surface area contributed by atoms with Gasteiger partial charge in [0.1, 0.15) is 6.54 Å². The van der Waals surface area contributed by atoms with Crippen molar-refractivity contribution >= 4 is 5.91 Å². The van der Waals surface area contributed by atoms with Crippen molar-refractivity contribution in [1.29, 1.82) is 0 Å². The number of carbonyl (C=O) groups is 1. The lowest BCUT2D eigenvalue weighted by Gasteiger charge is -2.12. The summed E-state index contributed by atoms with van der Waals surface area (Å²) in [6.45, 7) is 0.691. The van der Waals surface area contributed by atoms with Gasteiger partial charge in [0.2, 0.25) is 5.91 Å². The molecule has 1 aromatic heterocycles. The zero-order valence-corrected chi connectivity index (χ0v) is 11.2. The van der Waals surface area contributed by atoms with Gasteiger partial charge in [0.15, 0.2) is 0 Å². The van der Waals surface area contributed by atoms with Crippen LogP contribution in [0.5, 0.6) is 0 Å². The number of hydrogen-bond acceptors (Lipinski definition) is 3. The van der Waals surface area contributed by atoms with E-state index in [-0.39, 0.29) is 12.6 Å². The Morgan fingerprint density at radius 3 is 2.81 bits per heavy atom. The molecule has 0 bridgehead atoms. The summed E-state index contributed by atoms with van der Waals surface area (Å²) in [4.78, 5) is 23.2. The molecule has 0 aliphatic carbocycles. The molecule has 1 unspecified atom stereocenters. The number of nitrogens with zero attached hydrogens (tertiary/aromatic N) is 1. The SMILES string of the molecule is O=C(Cn1ccc(C(F)(F)F)cc1=O)NCC1CCCO1. The number of amides is 1. The minimum atomic E-state index is -4.57. The molecule has 0 spiro atoms.